The summed E-state index contributed by atoms with van der Waals surface area (Å²) in [5.74, 6) is 0.652. The van der Waals surface area contributed by atoms with Crippen LogP contribution in [0.4, 0.5) is 0 Å². The minimum atomic E-state index is -0.394. The predicted octanol–water partition coefficient (Wildman–Crippen LogP) is 5.82. The fourth-order valence-electron chi connectivity index (χ4n) is 4.75. The molecule has 1 aliphatic heterocycles. The summed E-state index contributed by atoms with van der Waals surface area (Å²) in [5.41, 5.74) is 4.39. The molecule has 0 saturated carbocycles. The molecule has 1 fully saturated rings. The number of carbonyl (C=O) groups excluding carboxylic acids is 1. The number of carbonyl (C=O) groups is 1. The van der Waals surface area contributed by atoms with Crippen LogP contribution in [0.15, 0.2) is 72.1 Å². The predicted molar refractivity (Wildman–Crippen MR) is 155 cm³/mol. The lowest BCUT2D eigenvalue weighted by molar-refractivity contribution is -0.141. The Balaban J connectivity index is 1.69. The summed E-state index contributed by atoms with van der Waals surface area (Å²) in [6.07, 6.45) is 6.54. The number of benzene rings is 2. The molecule has 1 N–H and O–H groups in total. The van der Waals surface area contributed by atoms with E-state index in [0.717, 1.165) is 62.0 Å². The van der Waals surface area contributed by atoms with Gasteiger partial charge < -0.3 is 19.7 Å². The van der Waals surface area contributed by atoms with Crippen molar-refractivity contribution in [1.29, 1.82) is 0 Å². The smallest absolute Gasteiger partial charge is 0.307 e. The van der Waals surface area contributed by atoms with Gasteiger partial charge >= 0.3 is 5.97 Å². The maximum Gasteiger partial charge on any atom is 0.307 e. The Morgan fingerprint density at radius 3 is 2.34 bits per heavy atom. The van der Waals surface area contributed by atoms with E-state index in [0.29, 0.717) is 6.42 Å². The number of halogens is 1. The second-order valence-corrected chi connectivity index (χ2v) is 10.9. The molecule has 1 aliphatic rings. The number of nitrogens with one attached hydrogen (secondary N) is 1. The van der Waals surface area contributed by atoms with Gasteiger partial charge in [-0.05, 0) is 75.1 Å². The standard InChI is InChI=1S/C31H42ClN3O3/c1-24(33-31(2,3)22-30(36)38-5)10-14-27(15-11-25-12-16-28(37-4)17-13-25)35-20-18-34(19-21-35)23-26-8-6-7-9-29(26)32/h6-10,12-14,16-17,33H,11,15,18-23H2,1-5H3/b24-10+,27-14+. The summed E-state index contributed by atoms with van der Waals surface area (Å²) >= 11 is 6.40. The van der Waals surface area contributed by atoms with Crippen molar-refractivity contribution < 1.29 is 14.3 Å². The molecule has 2 aromatic rings. The summed E-state index contributed by atoms with van der Waals surface area (Å²) in [6.45, 7) is 10.8. The molecule has 0 atom stereocenters. The molecule has 38 heavy (non-hydrogen) atoms. The van der Waals surface area contributed by atoms with E-state index in [1.54, 1.807) is 7.11 Å². The fraction of sp³-hybridized carbons (Fsp3) is 0.452. The van der Waals surface area contributed by atoms with Crippen LogP contribution < -0.4 is 10.1 Å². The number of esters is 1. The Hall–Kier alpha value is -2.96. The fourth-order valence-corrected chi connectivity index (χ4v) is 4.94. The molecule has 0 aliphatic carbocycles. The van der Waals surface area contributed by atoms with Crippen molar-refractivity contribution in [1.82, 2.24) is 15.1 Å². The van der Waals surface area contributed by atoms with E-state index >= 15 is 0 Å². The highest BCUT2D eigenvalue weighted by molar-refractivity contribution is 6.31. The second kappa shape index (κ2) is 14.3. The quantitative estimate of drug-likeness (QED) is 0.271. The Morgan fingerprint density at radius 1 is 1.03 bits per heavy atom. The van der Waals surface area contributed by atoms with Crippen LogP contribution in [-0.2, 0) is 22.5 Å². The zero-order valence-electron chi connectivity index (χ0n) is 23.4. The van der Waals surface area contributed by atoms with Crippen molar-refractivity contribution in [3.63, 3.8) is 0 Å². The van der Waals surface area contributed by atoms with Gasteiger partial charge in [0.1, 0.15) is 5.75 Å². The molecular weight excluding hydrogens is 498 g/mol. The highest BCUT2D eigenvalue weighted by atomic mass is 35.5. The van der Waals surface area contributed by atoms with Crippen molar-refractivity contribution in [2.45, 2.75) is 52.1 Å². The number of hydrogen-bond acceptors (Lipinski definition) is 6. The van der Waals surface area contributed by atoms with Gasteiger partial charge in [-0.25, -0.2) is 0 Å². The molecule has 2 aromatic carbocycles. The average Bonchev–Trinajstić information content (AvgIpc) is 2.90. The van der Waals surface area contributed by atoms with Crippen molar-refractivity contribution in [3.05, 3.63) is 88.2 Å². The van der Waals surface area contributed by atoms with E-state index in [1.807, 2.05) is 51.1 Å². The molecule has 1 heterocycles. The van der Waals surface area contributed by atoms with Crippen molar-refractivity contribution in [3.8, 4) is 5.75 Å². The first-order chi connectivity index (χ1) is 18.2. The van der Waals surface area contributed by atoms with Crippen LogP contribution in [0.25, 0.3) is 0 Å². The van der Waals surface area contributed by atoms with Gasteiger partial charge in [-0.1, -0.05) is 41.9 Å². The molecule has 0 bridgehead atoms. The van der Waals surface area contributed by atoms with Crippen molar-refractivity contribution in [2.24, 2.45) is 0 Å². The van der Waals surface area contributed by atoms with Gasteiger partial charge in [0.25, 0.3) is 0 Å². The van der Waals surface area contributed by atoms with E-state index in [-0.39, 0.29) is 5.97 Å². The van der Waals surface area contributed by atoms with Crippen LogP contribution >= 0.6 is 11.6 Å². The highest BCUT2D eigenvalue weighted by Gasteiger charge is 2.22. The average molecular weight is 540 g/mol. The number of ether oxygens (including phenoxy) is 2. The number of nitrogens with zero attached hydrogens (tertiary/aromatic N) is 2. The molecule has 0 aromatic heterocycles. The molecule has 206 valence electrons. The zero-order valence-corrected chi connectivity index (χ0v) is 24.2. The van der Waals surface area contributed by atoms with Crippen LogP contribution in [-0.4, -0.2) is 61.7 Å². The maximum atomic E-state index is 11.8. The topological polar surface area (TPSA) is 54.0 Å². The van der Waals surface area contributed by atoms with Gasteiger partial charge in [0.05, 0.1) is 20.6 Å². The lowest BCUT2D eigenvalue weighted by Crippen LogP contribution is -2.45. The largest absolute Gasteiger partial charge is 0.497 e. The van der Waals surface area contributed by atoms with Crippen LogP contribution in [0, 0.1) is 0 Å². The Bertz CT molecular complexity index is 1100. The monoisotopic (exact) mass is 539 g/mol. The summed E-state index contributed by atoms with van der Waals surface area (Å²) < 4.78 is 10.2. The summed E-state index contributed by atoms with van der Waals surface area (Å²) in [6, 6.07) is 16.4. The second-order valence-electron chi connectivity index (χ2n) is 10.5. The minimum absolute atomic E-state index is 0.222. The lowest BCUT2D eigenvalue weighted by atomic mass is 10.0. The number of methoxy groups -OCH3 is 2. The lowest BCUT2D eigenvalue weighted by Gasteiger charge is -2.37. The van der Waals surface area contributed by atoms with Crippen LogP contribution in [0.5, 0.6) is 5.75 Å². The van der Waals surface area contributed by atoms with Gasteiger partial charge in [-0.3, -0.25) is 9.69 Å². The molecule has 6 nitrogen and oxygen atoms in total. The van der Waals surface area contributed by atoms with Crippen LogP contribution in [0.2, 0.25) is 5.02 Å². The molecule has 0 unspecified atom stereocenters. The van der Waals surface area contributed by atoms with Gasteiger partial charge in [0.15, 0.2) is 0 Å². The summed E-state index contributed by atoms with van der Waals surface area (Å²) in [5, 5.41) is 4.30. The van der Waals surface area contributed by atoms with E-state index in [4.69, 9.17) is 21.1 Å². The van der Waals surface area contributed by atoms with Crippen molar-refractivity contribution >= 4 is 17.6 Å². The first-order valence-corrected chi connectivity index (χ1v) is 13.6. The van der Waals surface area contributed by atoms with Crippen molar-refractivity contribution in [2.75, 3.05) is 40.4 Å². The maximum absolute atomic E-state index is 11.8. The number of allylic oxidation sites excluding steroid dienone is 4. The van der Waals surface area contributed by atoms with Gasteiger partial charge in [-0.2, -0.15) is 0 Å². The third-order valence-electron chi connectivity index (χ3n) is 6.83. The van der Waals surface area contributed by atoms with Gasteiger partial charge in [0, 0.05) is 54.7 Å². The van der Waals surface area contributed by atoms with Gasteiger partial charge in [-0.15, -0.1) is 0 Å². The Labute approximate surface area is 233 Å². The molecule has 0 radical (unpaired) electrons. The zero-order chi connectivity index (χ0) is 27.5. The Kier molecular flexibility index (Phi) is 11.1. The highest BCUT2D eigenvalue weighted by Crippen LogP contribution is 2.22. The number of aryl methyl sites for hydroxylation is 1. The van der Waals surface area contributed by atoms with E-state index in [9.17, 15) is 4.79 Å². The van der Waals surface area contributed by atoms with Gasteiger partial charge in [0.2, 0.25) is 0 Å². The third-order valence-corrected chi connectivity index (χ3v) is 7.20. The number of piperazine rings is 1. The molecule has 0 spiro atoms. The number of hydrogen-bond donors (Lipinski definition) is 1. The summed E-state index contributed by atoms with van der Waals surface area (Å²) in [7, 11) is 3.11. The normalized spacial score (nSPS) is 15.4. The third kappa shape index (κ3) is 9.41. The van der Waals surface area contributed by atoms with E-state index < -0.39 is 5.54 Å². The molecule has 7 heteroatoms. The molecular formula is C31H42ClN3O3. The SMILES string of the molecule is COC(=O)CC(C)(C)N/C(C)=C/C=C(\CCc1ccc(OC)cc1)N1CCN(Cc2ccccc2Cl)CC1. The minimum Gasteiger partial charge on any atom is -0.497 e. The first-order valence-electron chi connectivity index (χ1n) is 13.2. The molecule has 3 rings (SSSR count). The first kappa shape index (κ1) is 29.6. The molecule has 1 saturated heterocycles. The van der Waals surface area contributed by atoms with E-state index in [2.05, 4.69) is 45.5 Å². The van der Waals surface area contributed by atoms with E-state index in [1.165, 1.54) is 23.9 Å². The number of rotatable bonds is 12. The Morgan fingerprint density at radius 2 is 1.71 bits per heavy atom. The molecule has 0 amide bonds. The van der Waals surface area contributed by atoms with Crippen LogP contribution in [0.3, 0.4) is 0 Å². The van der Waals surface area contributed by atoms with Crippen LogP contribution in [0.1, 0.15) is 44.7 Å². The summed E-state index contributed by atoms with van der Waals surface area (Å²) in [4.78, 5) is 16.7.